The molecule has 0 spiro atoms. The van der Waals surface area contributed by atoms with Gasteiger partial charge in [-0.05, 0) is 41.5 Å². The zero-order valence-electron chi connectivity index (χ0n) is 11.9. The molecule has 2 rings (SSSR count). The lowest BCUT2D eigenvalue weighted by atomic mass is 9.90. The number of rotatable bonds is 4. The highest BCUT2D eigenvalue weighted by molar-refractivity contribution is 5.68. The lowest BCUT2D eigenvalue weighted by molar-refractivity contribution is 0.195. The average molecular weight is 254 g/mol. The molecule has 0 fully saturated rings. The maximum Gasteiger partial charge on any atom is 0.0552 e. The number of hydrogen-bond donors (Lipinski definition) is 1. The maximum atomic E-state index is 9.55. The van der Waals surface area contributed by atoms with Gasteiger partial charge in [0.25, 0.3) is 0 Å². The second-order valence-electron chi connectivity index (χ2n) is 5.50. The van der Waals surface area contributed by atoms with Gasteiger partial charge in [-0.15, -0.1) is 0 Å². The second-order valence-corrected chi connectivity index (χ2v) is 5.50. The molecule has 1 nitrogen and oxygen atoms in total. The van der Waals surface area contributed by atoms with Crippen molar-refractivity contribution in [3.8, 4) is 11.1 Å². The van der Waals surface area contributed by atoms with Gasteiger partial charge in [-0.1, -0.05) is 62.4 Å². The van der Waals surface area contributed by atoms with Gasteiger partial charge in [-0.2, -0.15) is 0 Å². The zero-order chi connectivity index (χ0) is 13.8. The molecule has 0 aliphatic heterocycles. The first-order chi connectivity index (χ1) is 9.08. The first kappa shape index (κ1) is 13.8. The lowest BCUT2D eigenvalue weighted by Crippen LogP contribution is -2.05. The van der Waals surface area contributed by atoms with Crippen LogP contribution in [0.4, 0.5) is 0 Å². The molecule has 19 heavy (non-hydrogen) atoms. The summed E-state index contributed by atoms with van der Waals surface area (Å²) < 4.78 is 0. The Labute approximate surface area is 115 Å². The first-order valence-corrected chi connectivity index (χ1v) is 6.94. The lowest BCUT2D eigenvalue weighted by Gasteiger charge is -2.15. The summed E-state index contributed by atoms with van der Waals surface area (Å²) in [6.07, 6.45) is 0.409. The summed E-state index contributed by atoms with van der Waals surface area (Å²) in [6.45, 7) is 6.27. The zero-order valence-corrected chi connectivity index (χ0v) is 11.9. The van der Waals surface area contributed by atoms with Crippen LogP contribution in [0, 0.1) is 0 Å². The van der Waals surface area contributed by atoms with Crippen LogP contribution in [0.1, 0.15) is 37.8 Å². The summed E-state index contributed by atoms with van der Waals surface area (Å²) in [6, 6.07) is 17.0. The molecule has 1 atom stereocenters. The average Bonchev–Trinajstić information content (AvgIpc) is 2.38. The topological polar surface area (TPSA) is 20.2 Å². The van der Waals surface area contributed by atoms with Crippen LogP contribution >= 0.6 is 0 Å². The van der Waals surface area contributed by atoms with Crippen molar-refractivity contribution < 1.29 is 5.11 Å². The fraction of sp³-hybridized carbons (Fsp3) is 0.333. The maximum absolute atomic E-state index is 9.55. The molecule has 0 aliphatic rings. The molecule has 0 amide bonds. The van der Waals surface area contributed by atoms with E-state index in [-0.39, 0.29) is 6.10 Å². The molecule has 100 valence electrons. The summed E-state index contributed by atoms with van der Waals surface area (Å²) in [4.78, 5) is 0. The summed E-state index contributed by atoms with van der Waals surface area (Å²) >= 11 is 0. The first-order valence-electron chi connectivity index (χ1n) is 6.94. The second kappa shape index (κ2) is 6.03. The molecule has 0 aromatic heterocycles. The Balaban J connectivity index is 2.48. The normalized spacial score (nSPS) is 12.7. The van der Waals surface area contributed by atoms with Crippen molar-refractivity contribution in [2.75, 3.05) is 0 Å². The Kier molecular flexibility index (Phi) is 4.39. The summed E-state index contributed by atoms with van der Waals surface area (Å²) in [7, 11) is 0. The molecule has 0 saturated heterocycles. The highest BCUT2D eigenvalue weighted by Crippen LogP contribution is 2.30. The van der Waals surface area contributed by atoms with Crippen LogP contribution in [0.25, 0.3) is 11.1 Å². The quantitative estimate of drug-likeness (QED) is 0.857. The molecule has 0 heterocycles. The van der Waals surface area contributed by atoms with Gasteiger partial charge in [-0.25, -0.2) is 0 Å². The third-order valence-corrected chi connectivity index (χ3v) is 3.36. The molecule has 1 heteroatoms. The van der Waals surface area contributed by atoms with Crippen molar-refractivity contribution in [1.29, 1.82) is 0 Å². The predicted octanol–water partition coefficient (Wildman–Crippen LogP) is 4.40. The minimum absolute atomic E-state index is 0.298. The third-order valence-electron chi connectivity index (χ3n) is 3.36. The van der Waals surface area contributed by atoms with Crippen LogP contribution in [0.2, 0.25) is 0 Å². The van der Waals surface area contributed by atoms with Gasteiger partial charge >= 0.3 is 0 Å². The third kappa shape index (κ3) is 3.45. The van der Waals surface area contributed by atoms with E-state index in [2.05, 4.69) is 56.3 Å². The van der Waals surface area contributed by atoms with Gasteiger partial charge < -0.3 is 5.11 Å². The fourth-order valence-electron chi connectivity index (χ4n) is 2.44. The summed E-state index contributed by atoms with van der Waals surface area (Å²) in [5.41, 5.74) is 5.09. The van der Waals surface area contributed by atoms with Crippen molar-refractivity contribution in [3.05, 3.63) is 59.7 Å². The van der Waals surface area contributed by atoms with E-state index in [1.54, 1.807) is 0 Å². The van der Waals surface area contributed by atoms with E-state index in [9.17, 15) is 5.11 Å². The Morgan fingerprint density at radius 2 is 1.63 bits per heavy atom. The van der Waals surface area contributed by atoms with E-state index < -0.39 is 0 Å². The van der Waals surface area contributed by atoms with Crippen molar-refractivity contribution in [2.24, 2.45) is 0 Å². The van der Waals surface area contributed by atoms with Gasteiger partial charge in [-0.3, -0.25) is 0 Å². The molecule has 1 N–H and O–H groups in total. The molecular weight excluding hydrogens is 232 g/mol. The SMILES string of the molecule is CC(O)Cc1ccc(C(C)C)c(-c2ccccc2)c1. The minimum Gasteiger partial charge on any atom is -0.393 e. The van der Waals surface area contributed by atoms with Gasteiger partial charge in [0.1, 0.15) is 0 Å². The van der Waals surface area contributed by atoms with Gasteiger partial charge in [0.15, 0.2) is 0 Å². The van der Waals surface area contributed by atoms with E-state index in [0.717, 1.165) is 0 Å². The molecule has 0 bridgehead atoms. The van der Waals surface area contributed by atoms with Crippen molar-refractivity contribution in [1.82, 2.24) is 0 Å². The highest BCUT2D eigenvalue weighted by Gasteiger charge is 2.10. The number of benzene rings is 2. The van der Waals surface area contributed by atoms with E-state index in [4.69, 9.17) is 0 Å². The highest BCUT2D eigenvalue weighted by atomic mass is 16.3. The monoisotopic (exact) mass is 254 g/mol. The van der Waals surface area contributed by atoms with Crippen molar-refractivity contribution in [3.63, 3.8) is 0 Å². The van der Waals surface area contributed by atoms with Crippen molar-refractivity contribution >= 4 is 0 Å². The molecule has 0 radical (unpaired) electrons. The van der Waals surface area contributed by atoms with E-state index >= 15 is 0 Å². The molecule has 0 saturated carbocycles. The largest absolute Gasteiger partial charge is 0.393 e. The van der Waals surface area contributed by atoms with E-state index in [1.807, 2.05) is 13.0 Å². The number of aliphatic hydroxyl groups is 1. The van der Waals surface area contributed by atoms with Crippen LogP contribution in [-0.2, 0) is 6.42 Å². The van der Waals surface area contributed by atoms with Crippen LogP contribution in [0.5, 0.6) is 0 Å². The molecule has 1 unspecified atom stereocenters. The summed E-state index contributed by atoms with van der Waals surface area (Å²) in [5, 5.41) is 9.55. The Hall–Kier alpha value is -1.60. The molecular formula is C18H22O. The van der Waals surface area contributed by atoms with E-state index in [0.29, 0.717) is 12.3 Å². The fourth-order valence-corrected chi connectivity index (χ4v) is 2.44. The Morgan fingerprint density at radius 1 is 0.947 bits per heavy atom. The standard InChI is InChI=1S/C18H22O/c1-13(2)17-10-9-15(11-14(3)19)12-18(17)16-7-5-4-6-8-16/h4-10,12-14,19H,11H2,1-3H3. The minimum atomic E-state index is -0.298. The van der Waals surface area contributed by atoms with Gasteiger partial charge in [0.05, 0.1) is 6.10 Å². The number of hydrogen-bond acceptors (Lipinski definition) is 1. The molecule has 2 aromatic carbocycles. The Bertz CT molecular complexity index is 527. The number of aliphatic hydroxyl groups excluding tert-OH is 1. The smallest absolute Gasteiger partial charge is 0.0552 e. The summed E-state index contributed by atoms with van der Waals surface area (Å²) in [5.74, 6) is 0.496. The van der Waals surface area contributed by atoms with Crippen LogP contribution in [0.3, 0.4) is 0 Å². The van der Waals surface area contributed by atoms with Crippen LogP contribution in [-0.4, -0.2) is 11.2 Å². The predicted molar refractivity (Wildman–Crippen MR) is 81.4 cm³/mol. The van der Waals surface area contributed by atoms with Gasteiger partial charge in [0.2, 0.25) is 0 Å². The van der Waals surface area contributed by atoms with E-state index in [1.165, 1.54) is 22.3 Å². The molecule has 2 aromatic rings. The molecule has 0 aliphatic carbocycles. The Morgan fingerprint density at radius 3 is 2.21 bits per heavy atom. The van der Waals surface area contributed by atoms with Crippen molar-refractivity contribution in [2.45, 2.75) is 39.2 Å². The van der Waals surface area contributed by atoms with Crippen LogP contribution in [0.15, 0.2) is 48.5 Å². The van der Waals surface area contributed by atoms with Crippen LogP contribution < -0.4 is 0 Å². The van der Waals surface area contributed by atoms with Gasteiger partial charge in [0, 0.05) is 0 Å².